The SMILES string of the molecule is CC(N)CCc1ccc(OCc2nc(C3CC3)no2)cc1. The number of hydrogen-bond acceptors (Lipinski definition) is 5. The van der Waals surface area contributed by atoms with Crippen molar-refractivity contribution in [2.45, 2.75) is 51.2 Å². The second-order valence-electron chi connectivity index (χ2n) is 5.77. The largest absolute Gasteiger partial charge is 0.484 e. The summed E-state index contributed by atoms with van der Waals surface area (Å²) in [5, 5.41) is 3.97. The number of aromatic nitrogens is 2. The summed E-state index contributed by atoms with van der Waals surface area (Å²) in [6.07, 6.45) is 4.32. The maximum Gasteiger partial charge on any atom is 0.264 e. The Labute approximate surface area is 124 Å². The minimum Gasteiger partial charge on any atom is -0.484 e. The monoisotopic (exact) mass is 287 g/mol. The molecule has 1 aliphatic carbocycles. The first-order chi connectivity index (χ1) is 10.2. The summed E-state index contributed by atoms with van der Waals surface area (Å²) in [6.45, 7) is 2.34. The van der Waals surface area contributed by atoms with Crippen molar-refractivity contribution in [3.8, 4) is 5.75 Å². The molecule has 0 spiro atoms. The lowest BCUT2D eigenvalue weighted by Gasteiger charge is -2.07. The van der Waals surface area contributed by atoms with Gasteiger partial charge in [-0.25, -0.2) is 0 Å². The Hall–Kier alpha value is -1.88. The smallest absolute Gasteiger partial charge is 0.264 e. The average molecular weight is 287 g/mol. The normalized spacial score (nSPS) is 15.9. The highest BCUT2D eigenvalue weighted by atomic mass is 16.5. The molecule has 0 amide bonds. The number of nitrogens with two attached hydrogens (primary N) is 1. The molecule has 2 aromatic rings. The summed E-state index contributed by atoms with van der Waals surface area (Å²) in [6, 6.07) is 8.31. The lowest BCUT2D eigenvalue weighted by molar-refractivity contribution is 0.242. The van der Waals surface area contributed by atoms with Crippen LogP contribution in [0.3, 0.4) is 0 Å². The van der Waals surface area contributed by atoms with E-state index in [0.717, 1.165) is 24.4 Å². The molecule has 3 rings (SSSR count). The summed E-state index contributed by atoms with van der Waals surface area (Å²) in [7, 11) is 0. The predicted octanol–water partition coefficient (Wildman–Crippen LogP) is 2.81. The number of ether oxygens (including phenoxy) is 1. The van der Waals surface area contributed by atoms with Crippen LogP contribution in [0.25, 0.3) is 0 Å². The van der Waals surface area contributed by atoms with Gasteiger partial charge < -0.3 is 15.0 Å². The van der Waals surface area contributed by atoms with Gasteiger partial charge in [0.05, 0.1) is 0 Å². The Balaban J connectivity index is 1.50. The average Bonchev–Trinajstić information content (AvgIpc) is 3.23. The maximum absolute atomic E-state index is 5.76. The summed E-state index contributed by atoms with van der Waals surface area (Å²) in [5.74, 6) is 2.68. The third-order valence-electron chi connectivity index (χ3n) is 3.60. The summed E-state index contributed by atoms with van der Waals surface area (Å²) < 4.78 is 10.8. The van der Waals surface area contributed by atoms with Gasteiger partial charge >= 0.3 is 0 Å². The van der Waals surface area contributed by atoms with E-state index < -0.39 is 0 Å². The van der Waals surface area contributed by atoms with E-state index >= 15 is 0 Å². The van der Waals surface area contributed by atoms with Crippen LogP contribution in [0.2, 0.25) is 0 Å². The summed E-state index contributed by atoms with van der Waals surface area (Å²) >= 11 is 0. The fourth-order valence-corrected chi connectivity index (χ4v) is 2.13. The van der Waals surface area contributed by atoms with Gasteiger partial charge in [-0.15, -0.1) is 0 Å². The van der Waals surface area contributed by atoms with Gasteiger partial charge in [0.15, 0.2) is 12.4 Å². The second kappa shape index (κ2) is 6.26. The van der Waals surface area contributed by atoms with Crippen molar-refractivity contribution in [2.75, 3.05) is 0 Å². The summed E-state index contributed by atoms with van der Waals surface area (Å²) in [5.41, 5.74) is 7.03. The van der Waals surface area contributed by atoms with Gasteiger partial charge in [0.2, 0.25) is 0 Å². The van der Waals surface area contributed by atoms with Crippen LogP contribution in [0, 0.1) is 0 Å². The molecule has 0 radical (unpaired) electrons. The van der Waals surface area contributed by atoms with E-state index in [2.05, 4.69) is 22.3 Å². The molecule has 0 saturated heterocycles. The molecule has 1 aliphatic rings. The molecule has 0 bridgehead atoms. The van der Waals surface area contributed by atoms with E-state index in [4.69, 9.17) is 15.0 Å². The number of rotatable bonds is 7. The minimum atomic E-state index is 0.235. The fourth-order valence-electron chi connectivity index (χ4n) is 2.13. The first-order valence-corrected chi connectivity index (χ1v) is 7.50. The minimum absolute atomic E-state index is 0.235. The van der Waals surface area contributed by atoms with Crippen molar-refractivity contribution in [3.05, 3.63) is 41.5 Å². The van der Waals surface area contributed by atoms with Crippen LogP contribution >= 0.6 is 0 Å². The molecule has 1 atom stereocenters. The van der Waals surface area contributed by atoms with Gasteiger partial charge in [0.25, 0.3) is 5.89 Å². The van der Waals surface area contributed by atoms with E-state index in [9.17, 15) is 0 Å². The van der Waals surface area contributed by atoms with Crippen LogP contribution in [0.4, 0.5) is 0 Å². The van der Waals surface area contributed by atoms with E-state index in [0.29, 0.717) is 18.4 Å². The van der Waals surface area contributed by atoms with Crippen molar-refractivity contribution < 1.29 is 9.26 Å². The zero-order chi connectivity index (χ0) is 14.7. The van der Waals surface area contributed by atoms with E-state index in [1.165, 1.54) is 18.4 Å². The molecular weight excluding hydrogens is 266 g/mol. The van der Waals surface area contributed by atoms with Crippen LogP contribution in [0.5, 0.6) is 5.75 Å². The van der Waals surface area contributed by atoms with Gasteiger partial charge in [0, 0.05) is 12.0 Å². The fraction of sp³-hybridized carbons (Fsp3) is 0.500. The lowest BCUT2D eigenvalue weighted by Crippen LogP contribution is -2.15. The zero-order valence-corrected chi connectivity index (χ0v) is 12.3. The molecule has 5 nitrogen and oxygen atoms in total. The Morgan fingerprint density at radius 1 is 1.33 bits per heavy atom. The molecule has 112 valence electrons. The molecule has 5 heteroatoms. The van der Waals surface area contributed by atoms with E-state index in [1.807, 2.05) is 19.1 Å². The van der Waals surface area contributed by atoms with Crippen molar-refractivity contribution in [1.29, 1.82) is 0 Å². The van der Waals surface area contributed by atoms with Crippen molar-refractivity contribution in [1.82, 2.24) is 10.1 Å². The number of benzene rings is 1. The van der Waals surface area contributed by atoms with Crippen molar-refractivity contribution in [3.63, 3.8) is 0 Å². The van der Waals surface area contributed by atoms with Crippen LogP contribution in [0.15, 0.2) is 28.8 Å². The third-order valence-corrected chi connectivity index (χ3v) is 3.60. The number of nitrogens with zero attached hydrogens (tertiary/aromatic N) is 2. The molecule has 1 aromatic carbocycles. The first-order valence-electron chi connectivity index (χ1n) is 7.50. The van der Waals surface area contributed by atoms with Gasteiger partial charge in [-0.2, -0.15) is 4.98 Å². The number of hydrogen-bond donors (Lipinski definition) is 1. The van der Waals surface area contributed by atoms with Crippen molar-refractivity contribution >= 4 is 0 Å². The topological polar surface area (TPSA) is 74.2 Å². The zero-order valence-electron chi connectivity index (χ0n) is 12.3. The molecule has 1 unspecified atom stereocenters. The molecule has 2 N–H and O–H groups in total. The van der Waals surface area contributed by atoms with Gasteiger partial charge in [-0.3, -0.25) is 0 Å². The highest BCUT2D eigenvalue weighted by molar-refractivity contribution is 5.27. The van der Waals surface area contributed by atoms with Gasteiger partial charge in [-0.1, -0.05) is 17.3 Å². The molecular formula is C16H21N3O2. The van der Waals surface area contributed by atoms with Crippen LogP contribution in [0.1, 0.15) is 49.4 Å². The number of aryl methyl sites for hydroxylation is 1. The van der Waals surface area contributed by atoms with Gasteiger partial charge in [-0.05, 0) is 50.3 Å². The standard InChI is InChI=1S/C16H21N3O2/c1-11(17)2-3-12-4-8-14(9-5-12)20-10-15-18-16(19-21-15)13-6-7-13/h4-5,8-9,11,13H,2-3,6-7,10,17H2,1H3. The Kier molecular flexibility index (Phi) is 4.20. The quantitative estimate of drug-likeness (QED) is 0.847. The first kappa shape index (κ1) is 14.1. The maximum atomic E-state index is 5.76. The van der Waals surface area contributed by atoms with Crippen LogP contribution in [-0.2, 0) is 13.0 Å². The molecule has 1 saturated carbocycles. The predicted molar refractivity (Wildman–Crippen MR) is 79.0 cm³/mol. The molecule has 21 heavy (non-hydrogen) atoms. The van der Waals surface area contributed by atoms with E-state index in [-0.39, 0.29) is 6.04 Å². The van der Waals surface area contributed by atoms with Crippen LogP contribution < -0.4 is 10.5 Å². The molecule has 1 heterocycles. The Morgan fingerprint density at radius 3 is 2.76 bits per heavy atom. The van der Waals surface area contributed by atoms with E-state index in [1.54, 1.807) is 0 Å². The Bertz CT molecular complexity index is 573. The second-order valence-corrected chi connectivity index (χ2v) is 5.77. The molecule has 0 aliphatic heterocycles. The molecule has 1 aromatic heterocycles. The Morgan fingerprint density at radius 2 is 2.10 bits per heavy atom. The van der Waals surface area contributed by atoms with Crippen LogP contribution in [-0.4, -0.2) is 16.2 Å². The third kappa shape index (κ3) is 4.04. The summed E-state index contributed by atoms with van der Waals surface area (Å²) in [4.78, 5) is 4.34. The molecule has 1 fully saturated rings. The highest BCUT2D eigenvalue weighted by Gasteiger charge is 2.28. The van der Waals surface area contributed by atoms with Crippen molar-refractivity contribution in [2.24, 2.45) is 5.73 Å². The lowest BCUT2D eigenvalue weighted by atomic mass is 10.1. The highest BCUT2D eigenvalue weighted by Crippen LogP contribution is 2.38. The van der Waals surface area contributed by atoms with Gasteiger partial charge in [0.1, 0.15) is 5.75 Å².